The Morgan fingerprint density at radius 3 is 2.38 bits per heavy atom. The topological polar surface area (TPSA) is 26.3 Å². The molecule has 0 atom stereocenters. The van der Waals surface area contributed by atoms with Crippen LogP contribution in [0.15, 0.2) is 0 Å². The van der Waals surface area contributed by atoms with E-state index in [1.54, 1.807) is 6.92 Å². The lowest BCUT2D eigenvalue weighted by molar-refractivity contribution is 0.374. The summed E-state index contributed by atoms with van der Waals surface area (Å²) in [5.41, 5.74) is 0. The van der Waals surface area contributed by atoms with Gasteiger partial charge < -0.3 is 8.39 Å². The van der Waals surface area contributed by atoms with Gasteiger partial charge in [0, 0.05) is 6.61 Å². The Morgan fingerprint density at radius 1 is 1.75 bits per heavy atom. The summed E-state index contributed by atoms with van der Waals surface area (Å²) in [4.78, 5) is 0. The molecule has 0 saturated carbocycles. The van der Waals surface area contributed by atoms with Gasteiger partial charge in [-0.2, -0.15) is 0 Å². The van der Waals surface area contributed by atoms with Crippen molar-refractivity contribution in [1.29, 1.82) is 0 Å². The third-order valence-electron chi connectivity index (χ3n) is 0.325. The third-order valence-corrected chi connectivity index (χ3v) is 3.93. The average molecular weight is 189 g/mol. The van der Waals surface area contributed by atoms with E-state index in [4.69, 9.17) is 0 Å². The van der Waals surface area contributed by atoms with Crippen LogP contribution in [-0.4, -0.2) is 6.61 Å². The highest BCUT2D eigenvalue weighted by atomic mass is 33.3. The second-order valence-electron chi connectivity index (χ2n) is 0.815. The van der Waals surface area contributed by atoms with E-state index in [1.165, 1.54) is 0 Å². The van der Waals surface area contributed by atoms with Crippen molar-refractivity contribution in [2.24, 2.45) is 0 Å². The fourth-order valence-corrected chi connectivity index (χ4v) is 1.64. The molecule has 0 aromatic rings. The SMILES string of the molecule is CCO[S-](=O)=S(=S)=S. The highest BCUT2D eigenvalue weighted by molar-refractivity contribution is 8.63. The van der Waals surface area contributed by atoms with Crippen LogP contribution in [0.5, 0.6) is 0 Å². The summed E-state index contributed by atoms with van der Waals surface area (Å²) in [5.74, 6) is 0. The predicted molar refractivity (Wildman–Crippen MR) is 41.8 cm³/mol. The van der Waals surface area contributed by atoms with Crippen LogP contribution in [0, 0.1) is 0 Å². The molecule has 0 aliphatic rings. The van der Waals surface area contributed by atoms with Gasteiger partial charge in [0.25, 0.3) is 0 Å². The monoisotopic (exact) mass is 189 g/mol. The van der Waals surface area contributed by atoms with Gasteiger partial charge in [-0.1, -0.05) is 9.64 Å². The van der Waals surface area contributed by atoms with E-state index in [-0.39, 0.29) is 0 Å². The van der Waals surface area contributed by atoms with Gasteiger partial charge in [-0.15, -0.1) is 6.57 Å². The predicted octanol–water partition coefficient (Wildman–Crippen LogP) is 0.359. The van der Waals surface area contributed by atoms with Gasteiger partial charge >= 0.3 is 0 Å². The Morgan fingerprint density at radius 2 is 2.25 bits per heavy atom. The molecule has 2 nitrogen and oxygen atoms in total. The first-order valence-electron chi connectivity index (χ1n) is 1.83. The first-order chi connectivity index (χ1) is 3.68. The Bertz CT molecular complexity index is 210. The minimum Gasteiger partial charge on any atom is -0.444 e. The van der Waals surface area contributed by atoms with Crippen LogP contribution in [-0.2, 0) is 47.0 Å². The van der Waals surface area contributed by atoms with E-state index in [0.717, 1.165) is 0 Å². The van der Waals surface area contributed by atoms with Gasteiger partial charge in [0.2, 0.25) is 0 Å². The zero-order valence-corrected chi connectivity index (χ0v) is 7.42. The minimum atomic E-state index is -1.41. The van der Waals surface area contributed by atoms with Crippen molar-refractivity contribution in [1.82, 2.24) is 0 Å². The number of hydrogen-bond acceptors (Lipinski definition) is 5. The Kier molecular flexibility index (Phi) is 5.08. The van der Waals surface area contributed by atoms with Crippen LogP contribution in [0.1, 0.15) is 6.92 Å². The van der Waals surface area contributed by atoms with Gasteiger partial charge in [0.1, 0.15) is 0 Å². The standard InChI is InChI=1S/C2H5O2S4/c1-2-4-7(3)8(5)6/h2H2,1H3/q-1. The fraction of sp³-hybridized carbons (Fsp3) is 1.00. The molecule has 8 heavy (non-hydrogen) atoms. The van der Waals surface area contributed by atoms with Crippen molar-refractivity contribution in [3.63, 3.8) is 0 Å². The summed E-state index contributed by atoms with van der Waals surface area (Å²) in [6, 6.07) is 0. The smallest absolute Gasteiger partial charge is 0.0228 e. The summed E-state index contributed by atoms with van der Waals surface area (Å²) in [6.45, 7) is 1.21. The first kappa shape index (κ1) is 8.77. The van der Waals surface area contributed by atoms with Crippen LogP contribution in [0.2, 0.25) is 0 Å². The van der Waals surface area contributed by atoms with Crippen LogP contribution >= 0.6 is 0 Å². The zero-order chi connectivity index (χ0) is 6.57. The molecule has 0 bridgehead atoms. The maximum atomic E-state index is 10.4. The molecule has 0 spiro atoms. The quantitative estimate of drug-likeness (QED) is 0.586. The van der Waals surface area contributed by atoms with Crippen molar-refractivity contribution >= 4 is 38.6 Å². The molecule has 0 rings (SSSR count). The van der Waals surface area contributed by atoms with Gasteiger partial charge in [-0.05, 0) is 29.3 Å². The number of hydrogen-bond donors (Lipinski definition) is 0. The summed E-state index contributed by atoms with van der Waals surface area (Å²) in [6.07, 6.45) is 0. The second-order valence-corrected chi connectivity index (χ2v) is 7.58. The van der Waals surface area contributed by atoms with Gasteiger partial charge in [0.05, 0.1) is 0 Å². The van der Waals surface area contributed by atoms with E-state index in [1.807, 2.05) is 0 Å². The molecular formula is C2H5O2S4-. The second kappa shape index (κ2) is 4.63. The lowest BCUT2D eigenvalue weighted by Crippen LogP contribution is -1.83. The largest absolute Gasteiger partial charge is 0.444 e. The summed E-state index contributed by atoms with van der Waals surface area (Å²) in [7, 11) is -1.41. The van der Waals surface area contributed by atoms with E-state index >= 15 is 0 Å². The Balaban J connectivity index is 4.28. The van der Waals surface area contributed by atoms with Crippen molar-refractivity contribution in [3.8, 4) is 0 Å². The molecule has 0 heterocycles. The highest BCUT2D eigenvalue weighted by Gasteiger charge is 1.60. The summed E-state index contributed by atoms with van der Waals surface area (Å²) < 4.78 is 15.0. The minimum absolute atomic E-state index is 0.406. The molecule has 6 heteroatoms. The molecule has 0 aromatic heterocycles. The van der Waals surface area contributed by atoms with Crippen LogP contribution < -0.4 is 0 Å². The lowest BCUT2D eigenvalue weighted by atomic mass is 10.9. The zero-order valence-electron chi connectivity index (χ0n) is 4.16. The molecule has 0 unspecified atom stereocenters. The molecule has 0 saturated heterocycles. The highest BCUT2D eigenvalue weighted by Crippen LogP contribution is 1.72. The Hall–Kier alpha value is 0.770. The molecule has 0 N–H and O–H groups in total. The molecule has 0 fully saturated rings. The van der Waals surface area contributed by atoms with Crippen molar-refractivity contribution < 1.29 is 8.39 Å². The maximum Gasteiger partial charge on any atom is 0.0228 e. The number of rotatable bonds is 2. The third kappa shape index (κ3) is 3.73. The average Bonchev–Trinajstić information content (AvgIpc) is 1.67. The van der Waals surface area contributed by atoms with Gasteiger partial charge in [-0.25, -0.2) is 0 Å². The van der Waals surface area contributed by atoms with E-state index in [2.05, 4.69) is 26.6 Å². The van der Waals surface area contributed by atoms with Crippen molar-refractivity contribution in [3.05, 3.63) is 0 Å². The van der Waals surface area contributed by atoms with Crippen LogP contribution in [0.25, 0.3) is 0 Å². The first-order valence-corrected chi connectivity index (χ1v) is 6.50. The summed E-state index contributed by atoms with van der Waals surface area (Å²) in [5, 5.41) is 0. The van der Waals surface area contributed by atoms with Gasteiger partial charge in [-0.3, -0.25) is 0 Å². The molecule has 0 amide bonds. The normalized spacial score (nSPS) is 9.75. The van der Waals surface area contributed by atoms with Crippen molar-refractivity contribution in [2.45, 2.75) is 6.92 Å². The molecule has 0 aliphatic heterocycles. The lowest BCUT2D eigenvalue weighted by Gasteiger charge is -1.97. The fourth-order valence-electron chi connectivity index (χ4n) is 0.136. The van der Waals surface area contributed by atoms with Crippen molar-refractivity contribution in [2.75, 3.05) is 6.61 Å². The van der Waals surface area contributed by atoms with E-state index < -0.39 is 16.2 Å². The van der Waals surface area contributed by atoms with Crippen LogP contribution in [0.3, 0.4) is 0 Å². The Labute approximate surface area is 60.6 Å². The van der Waals surface area contributed by atoms with E-state index in [9.17, 15) is 4.21 Å². The van der Waals surface area contributed by atoms with E-state index in [0.29, 0.717) is 6.61 Å². The molecular weight excluding hydrogens is 184 g/mol. The summed E-state index contributed by atoms with van der Waals surface area (Å²) >= 11 is 8.97. The molecule has 0 aromatic carbocycles. The van der Waals surface area contributed by atoms with Crippen LogP contribution in [0.4, 0.5) is 0 Å². The molecule has 0 radical (unpaired) electrons. The molecule has 50 valence electrons. The molecule has 0 aliphatic carbocycles. The maximum absolute atomic E-state index is 10.4. The van der Waals surface area contributed by atoms with Gasteiger partial charge in [0.15, 0.2) is 0 Å².